The molecule has 94 valence electrons. The van der Waals surface area contributed by atoms with Crippen molar-refractivity contribution in [3.8, 4) is 0 Å². The van der Waals surface area contributed by atoms with E-state index in [0.717, 1.165) is 12.8 Å². The Hall–Kier alpha value is -0.780. The molecule has 0 saturated heterocycles. The van der Waals surface area contributed by atoms with E-state index in [1.54, 1.807) is 6.92 Å². The third-order valence-corrected chi connectivity index (χ3v) is 3.44. The maximum atomic E-state index is 12.1. The van der Waals surface area contributed by atoms with Crippen molar-refractivity contribution in [1.82, 2.24) is 5.32 Å². The van der Waals surface area contributed by atoms with Crippen LogP contribution in [0.2, 0.25) is 0 Å². The topological polar surface area (TPSA) is 38.3 Å². The highest BCUT2D eigenvalue weighted by atomic mass is 19.4. The second-order valence-corrected chi connectivity index (χ2v) is 4.65. The zero-order valence-corrected chi connectivity index (χ0v) is 9.57. The highest BCUT2D eigenvalue weighted by molar-refractivity contribution is 5.82. The Morgan fingerprint density at radius 2 is 1.94 bits per heavy atom. The van der Waals surface area contributed by atoms with Crippen LogP contribution in [-0.4, -0.2) is 31.3 Å². The molecule has 0 bridgehead atoms. The first-order chi connectivity index (χ1) is 7.15. The molecule has 0 amide bonds. The minimum atomic E-state index is -4.33. The lowest BCUT2D eigenvalue weighted by atomic mass is 9.83. The number of esters is 1. The Kier molecular flexibility index (Phi) is 3.24. The Morgan fingerprint density at radius 3 is 2.25 bits per heavy atom. The minimum absolute atomic E-state index is 0.439. The molecule has 0 aromatic rings. The average molecular weight is 239 g/mol. The van der Waals surface area contributed by atoms with Gasteiger partial charge in [0.05, 0.1) is 13.7 Å². The van der Waals surface area contributed by atoms with Crippen molar-refractivity contribution < 1.29 is 22.7 Å². The van der Waals surface area contributed by atoms with Crippen LogP contribution in [0.4, 0.5) is 13.2 Å². The number of halogens is 3. The van der Waals surface area contributed by atoms with E-state index in [0.29, 0.717) is 0 Å². The lowest BCUT2D eigenvalue weighted by molar-refractivity contribution is -0.156. The van der Waals surface area contributed by atoms with Crippen LogP contribution in [0.5, 0.6) is 0 Å². The molecule has 0 aromatic carbocycles. The van der Waals surface area contributed by atoms with Gasteiger partial charge in [0, 0.05) is 0 Å². The molecule has 1 saturated carbocycles. The monoisotopic (exact) mass is 239 g/mol. The summed E-state index contributed by atoms with van der Waals surface area (Å²) in [5.74, 6) is -0.642. The van der Waals surface area contributed by atoms with Gasteiger partial charge >= 0.3 is 12.1 Å². The highest BCUT2D eigenvalue weighted by Gasteiger charge is 2.58. The third-order valence-electron chi connectivity index (χ3n) is 3.44. The molecule has 1 aliphatic rings. The van der Waals surface area contributed by atoms with Crippen molar-refractivity contribution in [2.45, 2.75) is 38.4 Å². The molecule has 1 unspecified atom stereocenters. The number of carbonyl (C=O) groups excluding carboxylic acids is 1. The van der Waals surface area contributed by atoms with Crippen molar-refractivity contribution in [1.29, 1.82) is 0 Å². The van der Waals surface area contributed by atoms with Crippen LogP contribution in [0.25, 0.3) is 0 Å². The Labute approximate surface area is 92.3 Å². The van der Waals surface area contributed by atoms with Crippen LogP contribution in [0, 0.1) is 5.41 Å². The van der Waals surface area contributed by atoms with Gasteiger partial charge in [0.1, 0.15) is 5.54 Å². The number of ether oxygens (including phenoxy) is 1. The predicted octanol–water partition coefficient (Wildman–Crippen LogP) is 1.87. The molecular formula is C10H16F3NO2. The Bertz CT molecular complexity index is 286. The number of carbonyl (C=O) groups is 1. The van der Waals surface area contributed by atoms with E-state index < -0.39 is 29.6 Å². The van der Waals surface area contributed by atoms with Crippen LogP contribution < -0.4 is 5.32 Å². The quantitative estimate of drug-likeness (QED) is 0.761. The molecule has 1 atom stereocenters. The molecule has 6 heteroatoms. The van der Waals surface area contributed by atoms with Gasteiger partial charge in [0.25, 0.3) is 0 Å². The van der Waals surface area contributed by atoms with Gasteiger partial charge in [-0.1, -0.05) is 6.92 Å². The van der Waals surface area contributed by atoms with Crippen molar-refractivity contribution in [3.63, 3.8) is 0 Å². The molecule has 0 heterocycles. The largest absolute Gasteiger partial charge is 0.468 e. The average Bonchev–Trinajstić information content (AvgIpc) is 2.92. The van der Waals surface area contributed by atoms with Gasteiger partial charge in [-0.05, 0) is 25.2 Å². The lowest BCUT2D eigenvalue weighted by Gasteiger charge is -2.34. The minimum Gasteiger partial charge on any atom is -0.468 e. The SMILES string of the molecule is COC(=O)C(C)(NCC(F)(F)F)C1(C)CC1. The van der Waals surface area contributed by atoms with Gasteiger partial charge in [-0.15, -0.1) is 0 Å². The molecule has 1 rings (SSSR count). The zero-order valence-electron chi connectivity index (χ0n) is 9.57. The summed E-state index contributed by atoms with van der Waals surface area (Å²) in [4.78, 5) is 11.6. The smallest absolute Gasteiger partial charge is 0.401 e. The van der Waals surface area contributed by atoms with Crippen molar-refractivity contribution in [2.75, 3.05) is 13.7 Å². The van der Waals surface area contributed by atoms with Crippen LogP contribution in [0.3, 0.4) is 0 Å². The van der Waals surface area contributed by atoms with Crippen molar-refractivity contribution in [2.24, 2.45) is 5.41 Å². The summed E-state index contributed by atoms with van der Waals surface area (Å²) in [5, 5.41) is 2.29. The summed E-state index contributed by atoms with van der Waals surface area (Å²) in [6.07, 6.45) is -2.88. The summed E-state index contributed by atoms with van der Waals surface area (Å²) in [5.41, 5.74) is -1.71. The summed E-state index contributed by atoms with van der Waals surface area (Å²) < 4.78 is 41.0. The van der Waals surface area contributed by atoms with Gasteiger partial charge in [-0.2, -0.15) is 13.2 Å². The number of hydrogen-bond donors (Lipinski definition) is 1. The summed E-state index contributed by atoms with van der Waals surface area (Å²) in [6, 6.07) is 0. The van der Waals surface area contributed by atoms with Gasteiger partial charge in [-0.25, -0.2) is 0 Å². The van der Waals surface area contributed by atoms with Gasteiger partial charge < -0.3 is 4.74 Å². The van der Waals surface area contributed by atoms with E-state index in [1.165, 1.54) is 14.0 Å². The zero-order chi connectivity index (χ0) is 12.6. The van der Waals surface area contributed by atoms with Crippen LogP contribution in [0.15, 0.2) is 0 Å². The predicted molar refractivity (Wildman–Crippen MR) is 51.8 cm³/mol. The number of alkyl halides is 3. The van der Waals surface area contributed by atoms with Gasteiger partial charge in [0.2, 0.25) is 0 Å². The van der Waals surface area contributed by atoms with Crippen LogP contribution >= 0.6 is 0 Å². The fourth-order valence-electron chi connectivity index (χ4n) is 1.70. The first-order valence-corrected chi connectivity index (χ1v) is 5.05. The van der Waals surface area contributed by atoms with Crippen LogP contribution in [0.1, 0.15) is 26.7 Å². The van der Waals surface area contributed by atoms with Gasteiger partial charge in [0.15, 0.2) is 0 Å². The Morgan fingerprint density at radius 1 is 1.44 bits per heavy atom. The molecule has 0 radical (unpaired) electrons. The van der Waals surface area contributed by atoms with Crippen molar-refractivity contribution >= 4 is 5.97 Å². The van der Waals surface area contributed by atoms with E-state index in [1.807, 2.05) is 0 Å². The molecular weight excluding hydrogens is 223 g/mol. The number of rotatable bonds is 4. The highest BCUT2D eigenvalue weighted by Crippen LogP contribution is 2.54. The van der Waals surface area contributed by atoms with E-state index in [-0.39, 0.29) is 0 Å². The van der Waals surface area contributed by atoms with E-state index in [2.05, 4.69) is 10.1 Å². The lowest BCUT2D eigenvalue weighted by Crippen LogP contribution is -2.58. The molecule has 3 nitrogen and oxygen atoms in total. The van der Waals surface area contributed by atoms with Crippen LogP contribution in [-0.2, 0) is 9.53 Å². The molecule has 0 spiro atoms. The fourth-order valence-corrected chi connectivity index (χ4v) is 1.70. The second kappa shape index (κ2) is 3.91. The number of hydrogen-bond acceptors (Lipinski definition) is 3. The number of methoxy groups -OCH3 is 1. The third kappa shape index (κ3) is 2.48. The van der Waals surface area contributed by atoms with Gasteiger partial charge in [-0.3, -0.25) is 10.1 Å². The first-order valence-electron chi connectivity index (χ1n) is 5.05. The maximum Gasteiger partial charge on any atom is 0.401 e. The normalized spacial score (nSPS) is 22.4. The van der Waals surface area contributed by atoms with E-state index in [9.17, 15) is 18.0 Å². The first kappa shape index (κ1) is 13.3. The second-order valence-electron chi connectivity index (χ2n) is 4.65. The summed E-state index contributed by atoms with van der Waals surface area (Å²) >= 11 is 0. The summed E-state index contributed by atoms with van der Waals surface area (Å²) in [6.45, 7) is 2.07. The molecule has 0 aromatic heterocycles. The molecule has 0 aliphatic heterocycles. The molecule has 1 aliphatic carbocycles. The summed E-state index contributed by atoms with van der Waals surface area (Å²) in [7, 11) is 1.18. The van der Waals surface area contributed by atoms with Crippen molar-refractivity contribution in [3.05, 3.63) is 0 Å². The molecule has 16 heavy (non-hydrogen) atoms. The standard InChI is InChI=1S/C10H16F3NO2/c1-8(4-5-8)9(2,7(15)16-3)14-6-10(11,12)13/h14H,4-6H2,1-3H3. The Balaban J connectivity index is 2.77. The number of nitrogens with one attached hydrogen (secondary N) is 1. The maximum absolute atomic E-state index is 12.1. The van der Waals surface area contributed by atoms with E-state index >= 15 is 0 Å². The van der Waals surface area contributed by atoms with E-state index in [4.69, 9.17) is 0 Å². The fraction of sp³-hybridized carbons (Fsp3) is 0.900. The molecule has 1 N–H and O–H groups in total. The molecule has 1 fully saturated rings.